The van der Waals surface area contributed by atoms with Gasteiger partial charge in [-0.1, -0.05) is 18.2 Å². The van der Waals surface area contributed by atoms with Crippen LogP contribution in [-0.2, 0) is 16.1 Å². The summed E-state index contributed by atoms with van der Waals surface area (Å²) in [5.74, 6) is 0.322. The molecule has 2 aliphatic heterocycles. The summed E-state index contributed by atoms with van der Waals surface area (Å²) in [6, 6.07) is 12.4. The highest BCUT2D eigenvalue weighted by atomic mass is 16.7. The van der Waals surface area contributed by atoms with Crippen molar-refractivity contribution in [1.82, 2.24) is 10.2 Å². The average Bonchev–Trinajstić information content (AvgIpc) is 3.38. The van der Waals surface area contributed by atoms with Crippen LogP contribution < -0.4 is 20.1 Å². The van der Waals surface area contributed by atoms with Crippen molar-refractivity contribution in [2.45, 2.75) is 32.9 Å². The molecule has 8 nitrogen and oxygen atoms in total. The minimum atomic E-state index is -0.431. The summed E-state index contributed by atoms with van der Waals surface area (Å²) in [5.41, 5.74) is 1.66. The number of amides is 3. The zero-order valence-corrected chi connectivity index (χ0v) is 17.5. The molecule has 0 aromatic heterocycles. The van der Waals surface area contributed by atoms with Crippen LogP contribution in [0.25, 0.3) is 0 Å². The van der Waals surface area contributed by atoms with Crippen molar-refractivity contribution in [2.24, 2.45) is 5.92 Å². The number of nitrogens with one attached hydrogen (secondary N) is 2. The molecule has 2 aliphatic rings. The van der Waals surface area contributed by atoms with Crippen LogP contribution in [-0.4, -0.2) is 42.0 Å². The molecule has 2 N–H and O–H groups in total. The van der Waals surface area contributed by atoms with Crippen molar-refractivity contribution in [1.29, 1.82) is 0 Å². The Labute approximate surface area is 180 Å². The van der Waals surface area contributed by atoms with Gasteiger partial charge in [-0.25, -0.2) is 0 Å². The minimum absolute atomic E-state index is 0.0232. The van der Waals surface area contributed by atoms with Gasteiger partial charge in [-0.05, 0) is 43.7 Å². The smallest absolute Gasteiger partial charge is 0.253 e. The molecule has 2 aromatic carbocycles. The van der Waals surface area contributed by atoms with Crippen molar-refractivity contribution in [3.63, 3.8) is 0 Å². The SMILES string of the molecule is CC(C)N1C[C@H](C(=O)Nc2ccccc2C(=O)NCc2ccc3c(c2)OCO3)CC1=O. The lowest BCUT2D eigenvalue weighted by Gasteiger charge is -2.20. The van der Waals surface area contributed by atoms with E-state index in [1.807, 2.05) is 26.0 Å². The Morgan fingerprint density at radius 2 is 1.90 bits per heavy atom. The van der Waals surface area contributed by atoms with E-state index in [0.29, 0.717) is 35.8 Å². The zero-order valence-electron chi connectivity index (χ0n) is 17.5. The molecule has 162 valence electrons. The Kier molecular flexibility index (Phi) is 5.79. The standard InChI is InChI=1S/C23H25N3O5/c1-14(2)26-12-16(10-21(26)27)22(28)25-18-6-4-3-5-17(18)23(29)24-11-15-7-8-19-20(9-15)31-13-30-19/h3-9,14,16H,10-13H2,1-2H3,(H,24,29)(H,25,28)/t16-/m1/s1. The summed E-state index contributed by atoms with van der Waals surface area (Å²) < 4.78 is 10.7. The number of anilines is 1. The van der Waals surface area contributed by atoms with Gasteiger partial charge in [-0.3, -0.25) is 14.4 Å². The summed E-state index contributed by atoms with van der Waals surface area (Å²) in [7, 11) is 0. The van der Waals surface area contributed by atoms with Gasteiger partial charge in [-0.2, -0.15) is 0 Å². The van der Waals surface area contributed by atoms with Gasteiger partial charge in [0.1, 0.15) is 0 Å². The van der Waals surface area contributed by atoms with E-state index in [4.69, 9.17) is 9.47 Å². The number of benzene rings is 2. The lowest BCUT2D eigenvalue weighted by molar-refractivity contribution is -0.129. The average molecular weight is 423 g/mol. The maximum Gasteiger partial charge on any atom is 0.253 e. The normalized spacial score (nSPS) is 17.2. The Morgan fingerprint density at radius 1 is 1.13 bits per heavy atom. The number of ether oxygens (including phenoxy) is 2. The summed E-state index contributed by atoms with van der Waals surface area (Å²) >= 11 is 0. The third-order valence-corrected chi connectivity index (χ3v) is 5.47. The molecule has 1 atom stereocenters. The fraction of sp³-hybridized carbons (Fsp3) is 0.348. The molecule has 0 aliphatic carbocycles. The van der Waals surface area contributed by atoms with Gasteiger partial charge in [0.05, 0.1) is 17.2 Å². The van der Waals surface area contributed by atoms with E-state index in [-0.39, 0.29) is 37.0 Å². The van der Waals surface area contributed by atoms with Crippen molar-refractivity contribution in [2.75, 3.05) is 18.7 Å². The van der Waals surface area contributed by atoms with Crippen LogP contribution in [0.5, 0.6) is 11.5 Å². The van der Waals surface area contributed by atoms with Crippen molar-refractivity contribution in [3.05, 3.63) is 53.6 Å². The Morgan fingerprint density at radius 3 is 2.68 bits per heavy atom. The maximum absolute atomic E-state index is 12.8. The Bertz CT molecular complexity index is 1020. The Balaban J connectivity index is 1.40. The molecule has 3 amide bonds. The molecule has 8 heteroatoms. The zero-order chi connectivity index (χ0) is 22.0. The van der Waals surface area contributed by atoms with Gasteiger partial charge in [0.25, 0.3) is 5.91 Å². The first-order valence-electron chi connectivity index (χ1n) is 10.3. The number of fused-ring (bicyclic) bond motifs is 1. The maximum atomic E-state index is 12.8. The quantitative estimate of drug-likeness (QED) is 0.744. The molecule has 4 rings (SSSR count). The van der Waals surface area contributed by atoms with Crippen LogP contribution in [0.4, 0.5) is 5.69 Å². The number of hydrogen-bond donors (Lipinski definition) is 2. The number of likely N-dealkylation sites (tertiary alicyclic amines) is 1. The van der Waals surface area contributed by atoms with Crippen molar-refractivity contribution < 1.29 is 23.9 Å². The number of para-hydroxylation sites is 1. The van der Waals surface area contributed by atoms with Crippen LogP contribution in [0.2, 0.25) is 0 Å². The highest BCUT2D eigenvalue weighted by Crippen LogP contribution is 2.32. The summed E-state index contributed by atoms with van der Waals surface area (Å²) in [6.07, 6.45) is 0.183. The highest BCUT2D eigenvalue weighted by molar-refractivity contribution is 6.05. The Hall–Kier alpha value is -3.55. The van der Waals surface area contributed by atoms with E-state index < -0.39 is 5.92 Å². The highest BCUT2D eigenvalue weighted by Gasteiger charge is 2.35. The van der Waals surface area contributed by atoms with E-state index in [1.54, 1.807) is 35.2 Å². The third kappa shape index (κ3) is 4.47. The van der Waals surface area contributed by atoms with Crippen LogP contribution in [0.1, 0.15) is 36.2 Å². The summed E-state index contributed by atoms with van der Waals surface area (Å²) in [5, 5.41) is 5.70. The molecule has 0 bridgehead atoms. The molecule has 31 heavy (non-hydrogen) atoms. The monoisotopic (exact) mass is 423 g/mol. The van der Waals surface area contributed by atoms with E-state index in [1.165, 1.54) is 0 Å². The van der Waals surface area contributed by atoms with Gasteiger partial charge < -0.3 is 25.0 Å². The molecule has 0 saturated carbocycles. The molecule has 1 saturated heterocycles. The minimum Gasteiger partial charge on any atom is -0.454 e. The molecular weight excluding hydrogens is 398 g/mol. The first-order chi connectivity index (χ1) is 14.9. The van der Waals surface area contributed by atoms with Crippen LogP contribution in [0.3, 0.4) is 0 Å². The van der Waals surface area contributed by atoms with Gasteiger partial charge >= 0.3 is 0 Å². The van der Waals surface area contributed by atoms with Crippen molar-refractivity contribution >= 4 is 23.4 Å². The number of hydrogen-bond acceptors (Lipinski definition) is 5. The summed E-state index contributed by atoms with van der Waals surface area (Å²) in [6.45, 7) is 4.74. The summed E-state index contributed by atoms with van der Waals surface area (Å²) in [4.78, 5) is 39.3. The second kappa shape index (κ2) is 8.67. The molecule has 0 unspecified atom stereocenters. The number of carbonyl (C=O) groups is 3. The van der Waals surface area contributed by atoms with Gasteiger partial charge in [-0.15, -0.1) is 0 Å². The number of nitrogens with zero attached hydrogens (tertiary/aromatic N) is 1. The molecule has 2 heterocycles. The van der Waals surface area contributed by atoms with Crippen LogP contribution in [0.15, 0.2) is 42.5 Å². The first kappa shape index (κ1) is 20.7. The topological polar surface area (TPSA) is 97.0 Å². The fourth-order valence-corrected chi connectivity index (χ4v) is 3.76. The van der Waals surface area contributed by atoms with Crippen LogP contribution >= 0.6 is 0 Å². The predicted octanol–water partition coefficient (Wildman–Crippen LogP) is 2.54. The second-order valence-corrected chi connectivity index (χ2v) is 7.95. The first-order valence-corrected chi connectivity index (χ1v) is 10.3. The fourth-order valence-electron chi connectivity index (χ4n) is 3.76. The molecule has 1 fully saturated rings. The van der Waals surface area contributed by atoms with Gasteiger partial charge in [0.15, 0.2) is 11.5 Å². The molecule has 0 radical (unpaired) electrons. The molecule has 0 spiro atoms. The van der Waals surface area contributed by atoms with Crippen LogP contribution in [0, 0.1) is 5.92 Å². The predicted molar refractivity (Wildman–Crippen MR) is 114 cm³/mol. The number of rotatable bonds is 6. The molecular formula is C23H25N3O5. The van der Waals surface area contributed by atoms with Gasteiger partial charge in [0, 0.05) is 25.6 Å². The lowest BCUT2D eigenvalue weighted by atomic mass is 10.1. The van der Waals surface area contributed by atoms with E-state index in [9.17, 15) is 14.4 Å². The van der Waals surface area contributed by atoms with E-state index in [0.717, 1.165) is 5.56 Å². The van der Waals surface area contributed by atoms with Crippen molar-refractivity contribution in [3.8, 4) is 11.5 Å². The third-order valence-electron chi connectivity index (χ3n) is 5.47. The lowest BCUT2D eigenvalue weighted by Crippen LogP contribution is -2.33. The van der Waals surface area contributed by atoms with E-state index in [2.05, 4.69) is 10.6 Å². The second-order valence-electron chi connectivity index (χ2n) is 7.95. The largest absolute Gasteiger partial charge is 0.454 e. The number of carbonyl (C=O) groups excluding carboxylic acids is 3. The van der Waals surface area contributed by atoms with Gasteiger partial charge in [0.2, 0.25) is 18.6 Å². The molecule has 2 aromatic rings. The van der Waals surface area contributed by atoms with E-state index >= 15 is 0 Å².